The minimum Gasteiger partial charge on any atom is -0.356 e. The Kier molecular flexibility index (Phi) is 9.90. The smallest absolute Gasteiger partial charge is 0.191 e. The Morgan fingerprint density at radius 3 is 2.60 bits per heavy atom. The monoisotopic (exact) mass is 529 g/mol. The molecule has 30 heavy (non-hydrogen) atoms. The van der Waals surface area contributed by atoms with Gasteiger partial charge in [-0.25, -0.2) is 8.78 Å². The van der Waals surface area contributed by atoms with Gasteiger partial charge < -0.3 is 10.6 Å². The highest BCUT2D eigenvalue weighted by Gasteiger charge is 2.20. The van der Waals surface area contributed by atoms with Crippen molar-refractivity contribution in [1.29, 1.82) is 0 Å². The minimum atomic E-state index is -0.819. The first-order chi connectivity index (χ1) is 14.0. The molecule has 5 nitrogen and oxygen atoms in total. The van der Waals surface area contributed by atoms with Crippen molar-refractivity contribution in [1.82, 2.24) is 20.5 Å². The summed E-state index contributed by atoms with van der Waals surface area (Å²) in [4.78, 5) is 11.1. The van der Waals surface area contributed by atoms with E-state index < -0.39 is 11.6 Å². The average Bonchev–Trinajstić information content (AvgIpc) is 2.74. The van der Waals surface area contributed by atoms with E-state index in [9.17, 15) is 8.78 Å². The van der Waals surface area contributed by atoms with Crippen LogP contribution in [0.3, 0.4) is 0 Å². The SMILES string of the molecule is CN=C(NCC(C)c1ccc(F)c(F)c1)NC1CCN(Cc2ccccn2)CC1.I. The van der Waals surface area contributed by atoms with E-state index in [0.717, 1.165) is 49.7 Å². The quantitative estimate of drug-likeness (QED) is 0.339. The van der Waals surface area contributed by atoms with E-state index in [1.54, 1.807) is 13.1 Å². The maximum Gasteiger partial charge on any atom is 0.191 e. The molecule has 2 aromatic rings. The summed E-state index contributed by atoms with van der Waals surface area (Å²) < 4.78 is 26.6. The van der Waals surface area contributed by atoms with E-state index >= 15 is 0 Å². The molecule has 0 aliphatic carbocycles. The van der Waals surface area contributed by atoms with Gasteiger partial charge >= 0.3 is 0 Å². The number of hydrogen-bond donors (Lipinski definition) is 2. The molecule has 0 amide bonds. The lowest BCUT2D eigenvalue weighted by atomic mass is 10.0. The second-order valence-electron chi connectivity index (χ2n) is 7.54. The highest BCUT2D eigenvalue weighted by Crippen LogP contribution is 2.17. The van der Waals surface area contributed by atoms with Crippen LogP contribution in [0.15, 0.2) is 47.6 Å². The molecule has 1 atom stereocenters. The standard InChI is InChI=1S/C22H29F2N5.HI/c1-16(17-6-7-20(23)21(24)13-17)14-27-22(25-2)28-18-8-11-29(12-9-18)15-19-5-3-4-10-26-19;/h3-7,10,13,16,18H,8-9,11-12,14-15H2,1-2H3,(H2,25,27,28);1H. The largest absolute Gasteiger partial charge is 0.356 e. The molecule has 0 saturated carbocycles. The van der Waals surface area contributed by atoms with Gasteiger partial charge in [-0.05, 0) is 48.6 Å². The van der Waals surface area contributed by atoms with E-state index in [-0.39, 0.29) is 29.9 Å². The van der Waals surface area contributed by atoms with Crippen LogP contribution in [0, 0.1) is 11.6 Å². The maximum absolute atomic E-state index is 13.4. The van der Waals surface area contributed by atoms with Crippen molar-refractivity contribution >= 4 is 29.9 Å². The lowest BCUT2D eigenvalue weighted by Gasteiger charge is -2.33. The van der Waals surface area contributed by atoms with Crippen molar-refractivity contribution in [3.05, 3.63) is 65.5 Å². The van der Waals surface area contributed by atoms with Crippen LogP contribution in [-0.2, 0) is 6.54 Å². The van der Waals surface area contributed by atoms with Crippen LogP contribution < -0.4 is 10.6 Å². The third-order valence-corrected chi connectivity index (χ3v) is 5.35. The Hall–Kier alpha value is -1.81. The number of aliphatic imine (C=N–C) groups is 1. The van der Waals surface area contributed by atoms with Gasteiger partial charge in [0.25, 0.3) is 0 Å². The predicted octanol–water partition coefficient (Wildman–Crippen LogP) is 3.91. The van der Waals surface area contributed by atoms with Crippen molar-refractivity contribution in [2.45, 2.75) is 38.3 Å². The van der Waals surface area contributed by atoms with Crippen LogP contribution >= 0.6 is 24.0 Å². The molecule has 1 fully saturated rings. The van der Waals surface area contributed by atoms with E-state index in [0.29, 0.717) is 12.6 Å². The van der Waals surface area contributed by atoms with Crippen molar-refractivity contribution < 1.29 is 8.78 Å². The third-order valence-electron chi connectivity index (χ3n) is 5.35. The first kappa shape index (κ1) is 24.5. The molecule has 0 bridgehead atoms. The fourth-order valence-electron chi connectivity index (χ4n) is 3.53. The summed E-state index contributed by atoms with van der Waals surface area (Å²) in [5.41, 5.74) is 1.86. The predicted molar refractivity (Wildman–Crippen MR) is 127 cm³/mol. The average molecular weight is 529 g/mol. The van der Waals surface area contributed by atoms with Gasteiger partial charge in [-0.1, -0.05) is 19.1 Å². The Morgan fingerprint density at radius 2 is 1.97 bits per heavy atom. The molecule has 1 aromatic heterocycles. The number of likely N-dealkylation sites (tertiary alicyclic amines) is 1. The molecule has 1 aliphatic rings. The van der Waals surface area contributed by atoms with Crippen LogP contribution in [-0.4, -0.2) is 48.6 Å². The number of nitrogens with zero attached hydrogens (tertiary/aromatic N) is 3. The lowest BCUT2D eigenvalue weighted by Crippen LogP contribution is -2.49. The normalized spacial score (nSPS) is 16.6. The molecule has 8 heteroatoms. The molecule has 164 valence electrons. The second kappa shape index (κ2) is 12.1. The summed E-state index contributed by atoms with van der Waals surface area (Å²) in [5, 5.41) is 6.78. The second-order valence-corrected chi connectivity index (χ2v) is 7.54. The molecule has 1 saturated heterocycles. The van der Waals surface area contributed by atoms with Crippen molar-refractivity contribution in [3.63, 3.8) is 0 Å². The van der Waals surface area contributed by atoms with E-state index in [4.69, 9.17) is 0 Å². The zero-order valence-corrected chi connectivity index (χ0v) is 19.8. The fourth-order valence-corrected chi connectivity index (χ4v) is 3.53. The summed E-state index contributed by atoms with van der Waals surface area (Å²) in [5.74, 6) is -0.860. The molecule has 2 heterocycles. The lowest BCUT2D eigenvalue weighted by molar-refractivity contribution is 0.196. The molecule has 0 spiro atoms. The van der Waals surface area contributed by atoms with E-state index in [1.165, 1.54) is 12.1 Å². The highest BCUT2D eigenvalue weighted by molar-refractivity contribution is 14.0. The highest BCUT2D eigenvalue weighted by atomic mass is 127. The molecule has 3 rings (SSSR count). The summed E-state index contributed by atoms with van der Waals surface area (Å²) in [6.45, 7) is 5.46. The van der Waals surface area contributed by atoms with Gasteiger partial charge in [0.15, 0.2) is 17.6 Å². The zero-order valence-electron chi connectivity index (χ0n) is 17.4. The topological polar surface area (TPSA) is 52.6 Å². The number of aromatic nitrogens is 1. The van der Waals surface area contributed by atoms with E-state index in [1.807, 2.05) is 25.3 Å². The Balaban J connectivity index is 0.00000320. The number of nitrogens with one attached hydrogen (secondary N) is 2. The number of pyridine rings is 1. The first-order valence-corrected chi connectivity index (χ1v) is 10.1. The fraction of sp³-hybridized carbons (Fsp3) is 0.455. The summed E-state index contributed by atoms with van der Waals surface area (Å²) >= 11 is 0. The molecule has 1 aliphatic heterocycles. The molecule has 1 unspecified atom stereocenters. The molecular formula is C22H30F2IN5. The number of benzene rings is 1. The van der Waals surface area contributed by atoms with E-state index in [2.05, 4.69) is 31.6 Å². The minimum absolute atomic E-state index is 0. The van der Waals surface area contributed by atoms with Gasteiger partial charge in [-0.2, -0.15) is 0 Å². The van der Waals surface area contributed by atoms with Crippen LogP contribution in [0.25, 0.3) is 0 Å². The molecular weight excluding hydrogens is 499 g/mol. The number of hydrogen-bond acceptors (Lipinski definition) is 3. The molecule has 2 N–H and O–H groups in total. The van der Waals surface area contributed by atoms with Crippen molar-refractivity contribution in [3.8, 4) is 0 Å². The summed E-state index contributed by atoms with van der Waals surface area (Å²) in [6.07, 6.45) is 3.90. The van der Waals surface area contributed by atoms with Gasteiger partial charge in [0.1, 0.15) is 0 Å². The number of rotatable bonds is 6. The Morgan fingerprint density at radius 1 is 1.20 bits per heavy atom. The van der Waals surface area contributed by atoms with Gasteiger partial charge in [0.2, 0.25) is 0 Å². The van der Waals surface area contributed by atoms with Gasteiger partial charge in [-0.3, -0.25) is 14.9 Å². The van der Waals surface area contributed by atoms with Gasteiger partial charge in [0, 0.05) is 45.5 Å². The molecule has 0 radical (unpaired) electrons. The Labute approximate surface area is 194 Å². The van der Waals surface area contributed by atoms with Crippen molar-refractivity contribution in [2.75, 3.05) is 26.7 Å². The number of guanidine groups is 1. The maximum atomic E-state index is 13.4. The van der Waals surface area contributed by atoms with Crippen LogP contribution in [0.1, 0.15) is 36.9 Å². The zero-order chi connectivity index (χ0) is 20.6. The van der Waals surface area contributed by atoms with Crippen LogP contribution in [0.5, 0.6) is 0 Å². The Bertz CT molecular complexity index is 810. The van der Waals surface area contributed by atoms with Crippen LogP contribution in [0.2, 0.25) is 0 Å². The third kappa shape index (κ3) is 7.16. The summed E-state index contributed by atoms with van der Waals surface area (Å²) in [7, 11) is 1.74. The van der Waals surface area contributed by atoms with Crippen LogP contribution in [0.4, 0.5) is 8.78 Å². The van der Waals surface area contributed by atoms with Gasteiger partial charge in [-0.15, -0.1) is 24.0 Å². The van der Waals surface area contributed by atoms with Crippen molar-refractivity contribution in [2.24, 2.45) is 4.99 Å². The number of piperidine rings is 1. The first-order valence-electron chi connectivity index (χ1n) is 10.1. The molecule has 1 aromatic carbocycles. The summed E-state index contributed by atoms with van der Waals surface area (Å²) in [6, 6.07) is 10.4. The van der Waals surface area contributed by atoms with Gasteiger partial charge in [0.05, 0.1) is 5.69 Å². The number of halogens is 3.